The molecule has 10 heteroatoms. The normalized spacial score (nSPS) is 17.6. The van der Waals surface area contributed by atoms with E-state index in [4.69, 9.17) is 21.1 Å². The fraction of sp³-hybridized carbons (Fsp3) is 0.381. The van der Waals surface area contributed by atoms with Crippen molar-refractivity contribution >= 4 is 27.3 Å². The van der Waals surface area contributed by atoms with E-state index in [-0.39, 0.29) is 17.6 Å². The van der Waals surface area contributed by atoms with Gasteiger partial charge in [-0.2, -0.15) is 4.98 Å². The number of rotatable bonds is 8. The molecule has 8 nitrogen and oxygen atoms in total. The van der Waals surface area contributed by atoms with Crippen molar-refractivity contribution in [3.05, 3.63) is 52.8 Å². The van der Waals surface area contributed by atoms with Crippen LogP contribution < -0.4 is 10.1 Å². The van der Waals surface area contributed by atoms with Crippen LogP contribution in [-0.2, 0) is 14.6 Å². The molecule has 1 fully saturated rings. The Hall–Kier alpha value is -2.49. The van der Waals surface area contributed by atoms with Gasteiger partial charge in [-0.15, -0.1) is 0 Å². The van der Waals surface area contributed by atoms with E-state index >= 15 is 0 Å². The van der Waals surface area contributed by atoms with Crippen LogP contribution in [0.15, 0.2) is 41.9 Å². The molecule has 31 heavy (non-hydrogen) atoms. The molecule has 0 aliphatic carbocycles. The number of ether oxygens (including phenoxy) is 2. The van der Waals surface area contributed by atoms with Gasteiger partial charge >= 0.3 is 0 Å². The first-order chi connectivity index (χ1) is 14.7. The van der Waals surface area contributed by atoms with Crippen LogP contribution >= 0.6 is 11.6 Å². The second-order valence-corrected chi connectivity index (χ2v) is 9.69. The zero-order valence-electron chi connectivity index (χ0n) is 17.2. The Kier molecular flexibility index (Phi) is 7.64. The molecule has 0 spiro atoms. The fourth-order valence-corrected chi connectivity index (χ4v) is 3.70. The zero-order chi connectivity index (χ0) is 22.4. The molecule has 2 aromatic rings. The van der Waals surface area contributed by atoms with E-state index in [0.29, 0.717) is 36.0 Å². The maximum absolute atomic E-state index is 12.6. The van der Waals surface area contributed by atoms with Gasteiger partial charge in [0.1, 0.15) is 0 Å². The Morgan fingerprint density at radius 2 is 2.16 bits per heavy atom. The van der Waals surface area contributed by atoms with Gasteiger partial charge in [0.2, 0.25) is 11.7 Å². The largest absolute Gasteiger partial charge is 0.477 e. The molecular weight excluding hydrogens is 442 g/mol. The number of hydrogen-bond donors (Lipinski definition) is 1. The van der Waals surface area contributed by atoms with Crippen LogP contribution in [0.4, 0.5) is 0 Å². The first-order valence-corrected chi connectivity index (χ1v) is 12.1. The van der Waals surface area contributed by atoms with Crippen molar-refractivity contribution in [3.63, 3.8) is 0 Å². The molecule has 0 saturated carbocycles. The molecule has 0 radical (unpaired) electrons. The first kappa shape index (κ1) is 23.2. The number of hydrogen-bond acceptors (Lipinski definition) is 7. The molecule has 3 rings (SSSR count). The van der Waals surface area contributed by atoms with Gasteiger partial charge in [0.05, 0.1) is 18.8 Å². The maximum atomic E-state index is 12.6. The predicted molar refractivity (Wildman–Crippen MR) is 118 cm³/mol. The predicted octanol–water partition coefficient (Wildman–Crippen LogP) is 2.89. The summed E-state index contributed by atoms with van der Waals surface area (Å²) in [4.78, 5) is 21.1. The van der Waals surface area contributed by atoms with E-state index in [0.717, 1.165) is 18.1 Å². The number of benzene rings is 1. The van der Waals surface area contributed by atoms with Crippen LogP contribution in [0, 0.1) is 5.92 Å². The van der Waals surface area contributed by atoms with E-state index < -0.39 is 21.8 Å². The van der Waals surface area contributed by atoms with E-state index in [2.05, 4.69) is 15.3 Å². The number of halogens is 1. The number of amides is 1. The Bertz CT molecular complexity index is 1070. The van der Waals surface area contributed by atoms with Crippen LogP contribution in [0.25, 0.3) is 11.1 Å². The third-order valence-corrected chi connectivity index (χ3v) is 5.55. The van der Waals surface area contributed by atoms with Crippen LogP contribution in [0.3, 0.4) is 0 Å². The summed E-state index contributed by atoms with van der Waals surface area (Å²) < 4.78 is 33.9. The van der Waals surface area contributed by atoms with Gasteiger partial charge in [-0.25, -0.2) is 13.4 Å². The Morgan fingerprint density at radius 3 is 2.84 bits per heavy atom. The molecule has 1 saturated heterocycles. The minimum absolute atomic E-state index is 0.0897. The topological polar surface area (TPSA) is 107 Å². The van der Waals surface area contributed by atoms with Gasteiger partial charge in [-0.1, -0.05) is 35.9 Å². The highest BCUT2D eigenvalue weighted by molar-refractivity contribution is 7.93. The van der Waals surface area contributed by atoms with Crippen molar-refractivity contribution in [2.45, 2.75) is 19.4 Å². The van der Waals surface area contributed by atoms with Crippen LogP contribution in [0.5, 0.6) is 5.88 Å². The lowest BCUT2D eigenvalue weighted by Gasteiger charge is -2.15. The maximum Gasteiger partial charge on any atom is 0.289 e. The summed E-state index contributed by atoms with van der Waals surface area (Å²) in [7, 11) is -3.29. The lowest BCUT2D eigenvalue weighted by molar-refractivity contribution is 0.0934. The Labute approximate surface area is 186 Å². The number of carbonyl (C=O) groups excluding carboxylic acids is 1. The lowest BCUT2D eigenvalue weighted by atomic mass is 10.1. The quantitative estimate of drug-likeness (QED) is 0.638. The molecule has 1 aliphatic heterocycles. The van der Waals surface area contributed by atoms with Crippen molar-refractivity contribution in [2.24, 2.45) is 5.92 Å². The molecule has 1 amide bonds. The van der Waals surface area contributed by atoms with Crippen molar-refractivity contribution in [3.8, 4) is 17.0 Å². The monoisotopic (exact) mass is 465 g/mol. The summed E-state index contributed by atoms with van der Waals surface area (Å²) >= 11 is 6.33. The Balaban J connectivity index is 1.84. The van der Waals surface area contributed by atoms with Gasteiger partial charge in [-0.05, 0) is 19.4 Å². The summed E-state index contributed by atoms with van der Waals surface area (Å²) in [5, 5.41) is 4.20. The summed E-state index contributed by atoms with van der Waals surface area (Å²) in [6.45, 7) is 3.35. The molecule has 1 aliphatic rings. The summed E-state index contributed by atoms with van der Waals surface area (Å²) in [5.74, 6) is -0.148. The molecule has 1 aromatic heterocycles. The molecule has 166 valence electrons. The highest BCUT2D eigenvalue weighted by atomic mass is 35.5. The number of carbonyl (C=O) groups is 1. The zero-order valence-corrected chi connectivity index (χ0v) is 18.8. The van der Waals surface area contributed by atoms with Crippen LogP contribution in [-0.4, -0.2) is 56.4 Å². The lowest BCUT2D eigenvalue weighted by Crippen LogP contribution is -2.32. The Morgan fingerprint density at radius 1 is 1.39 bits per heavy atom. The molecule has 1 N–H and O–H groups in total. The summed E-state index contributed by atoms with van der Waals surface area (Å²) in [5.41, 5.74) is 1.27. The molecule has 0 unspecified atom stereocenters. The van der Waals surface area contributed by atoms with Gasteiger partial charge in [0.25, 0.3) is 5.91 Å². The molecule has 2 atom stereocenters. The average Bonchev–Trinajstić information content (AvgIpc) is 3.24. The summed E-state index contributed by atoms with van der Waals surface area (Å²) in [6.07, 6.45) is 4.85. The third kappa shape index (κ3) is 6.75. The minimum Gasteiger partial charge on any atom is -0.477 e. The highest BCUT2D eigenvalue weighted by Crippen LogP contribution is 2.33. The van der Waals surface area contributed by atoms with E-state index in [1.54, 1.807) is 13.0 Å². The number of aromatic nitrogens is 2. The smallest absolute Gasteiger partial charge is 0.289 e. The number of nitrogens with one attached hydrogen (secondary N) is 1. The van der Waals surface area contributed by atoms with Gasteiger partial charge < -0.3 is 14.8 Å². The molecular formula is C21H24ClN3O5S. The minimum atomic E-state index is -3.29. The SMILES string of the molecule is C[C@H](/C=C/S(C)(=O)=O)NC(=O)c1ncc(-c2ccccc2Cl)c(OC[C@@H]2CCOC2)n1. The van der Waals surface area contributed by atoms with Gasteiger partial charge in [0.15, 0.2) is 9.84 Å². The van der Waals surface area contributed by atoms with Crippen LogP contribution in [0.2, 0.25) is 5.02 Å². The van der Waals surface area contributed by atoms with E-state index in [9.17, 15) is 13.2 Å². The number of sulfone groups is 1. The van der Waals surface area contributed by atoms with Crippen molar-refractivity contribution in [2.75, 3.05) is 26.1 Å². The fourth-order valence-electron chi connectivity index (χ4n) is 2.94. The second-order valence-electron chi connectivity index (χ2n) is 7.35. The summed E-state index contributed by atoms with van der Waals surface area (Å²) in [6, 6.07) is 6.70. The van der Waals surface area contributed by atoms with Crippen LogP contribution in [0.1, 0.15) is 24.0 Å². The second kappa shape index (κ2) is 10.2. The molecule has 2 heterocycles. The highest BCUT2D eigenvalue weighted by Gasteiger charge is 2.21. The van der Waals surface area contributed by atoms with Crippen molar-refractivity contribution in [1.29, 1.82) is 0 Å². The average molecular weight is 466 g/mol. The standard InChI is InChI=1S/C21H24ClN3O5S/c1-14(8-10-31(2,27)28)24-20(26)19-23-11-17(16-5-3-4-6-18(16)22)21(25-19)30-13-15-7-9-29-12-15/h3-6,8,10-11,14-15H,7,9,12-13H2,1-2H3,(H,24,26)/b10-8+/t14-,15-/m1/s1. The van der Waals surface area contributed by atoms with Crippen molar-refractivity contribution < 1.29 is 22.7 Å². The van der Waals surface area contributed by atoms with E-state index in [1.165, 1.54) is 12.3 Å². The molecule has 1 aromatic carbocycles. The third-order valence-electron chi connectivity index (χ3n) is 4.57. The van der Waals surface area contributed by atoms with Crippen molar-refractivity contribution in [1.82, 2.24) is 15.3 Å². The number of nitrogens with zero attached hydrogens (tertiary/aromatic N) is 2. The first-order valence-electron chi connectivity index (χ1n) is 9.74. The van der Waals surface area contributed by atoms with Gasteiger partial charge in [0, 0.05) is 47.0 Å². The van der Waals surface area contributed by atoms with Gasteiger partial charge in [-0.3, -0.25) is 4.79 Å². The van der Waals surface area contributed by atoms with E-state index in [1.807, 2.05) is 18.2 Å². The molecule has 0 bridgehead atoms.